The maximum Gasteiger partial charge on any atom is 0.340 e. The average Bonchev–Trinajstić information content (AvgIpc) is 2.38. The molecular formula is C13H7ClN2O4. The van der Waals surface area contributed by atoms with Crippen LogP contribution < -0.4 is 11.2 Å². The molecule has 20 heavy (non-hydrogen) atoms. The van der Waals surface area contributed by atoms with Gasteiger partial charge in [-0.15, -0.1) is 0 Å². The van der Waals surface area contributed by atoms with Crippen LogP contribution in [0.15, 0.2) is 33.5 Å². The molecule has 6 nitrogen and oxygen atoms in total. The van der Waals surface area contributed by atoms with E-state index in [1.807, 2.05) is 0 Å². The van der Waals surface area contributed by atoms with Gasteiger partial charge >= 0.3 is 5.97 Å². The van der Waals surface area contributed by atoms with Gasteiger partial charge in [-0.05, 0) is 12.1 Å². The molecule has 1 aliphatic heterocycles. The van der Waals surface area contributed by atoms with Crippen molar-refractivity contribution in [1.82, 2.24) is 4.98 Å². The molecule has 100 valence electrons. The Hall–Kier alpha value is -2.60. The van der Waals surface area contributed by atoms with E-state index in [-0.39, 0.29) is 22.7 Å². The highest BCUT2D eigenvalue weighted by molar-refractivity contribution is 6.31. The number of carboxylic acid groups (broad SMARTS) is 1. The normalized spacial score (nSPS) is 11.1. The Morgan fingerprint density at radius 3 is 2.80 bits per heavy atom. The van der Waals surface area contributed by atoms with E-state index in [1.165, 1.54) is 6.07 Å². The summed E-state index contributed by atoms with van der Waals surface area (Å²) in [6.45, 7) is 0. The van der Waals surface area contributed by atoms with Gasteiger partial charge in [-0.2, -0.15) is 0 Å². The molecule has 7 heteroatoms. The number of fused-ring (bicyclic) bond motifs is 2. The number of carboxylic acids is 1. The van der Waals surface area contributed by atoms with Crippen LogP contribution in [0.1, 0.15) is 10.4 Å². The standard InChI is InChI=1S/C13H7ClN2O4/c14-5-1-2-6-8(3-5)20-9-4-7(17)11(15)10(13(18)19)12(9)16-6/h1-4H,15H2,(H,18,19). The highest BCUT2D eigenvalue weighted by Crippen LogP contribution is 2.30. The first-order valence-electron chi connectivity index (χ1n) is 5.53. The molecule has 0 amide bonds. The third-order valence-corrected chi connectivity index (χ3v) is 3.09. The first-order valence-corrected chi connectivity index (χ1v) is 5.91. The third kappa shape index (κ3) is 1.78. The number of hydrogen-bond acceptors (Lipinski definition) is 5. The van der Waals surface area contributed by atoms with Crippen molar-refractivity contribution in [3.8, 4) is 11.5 Å². The number of benzene rings is 2. The Balaban J connectivity index is 2.51. The molecule has 1 aromatic rings. The van der Waals surface area contributed by atoms with Crippen molar-refractivity contribution >= 4 is 34.4 Å². The molecule has 3 rings (SSSR count). The summed E-state index contributed by atoms with van der Waals surface area (Å²) in [4.78, 5) is 27.1. The van der Waals surface area contributed by atoms with Crippen LogP contribution in [0.2, 0.25) is 5.02 Å². The lowest BCUT2D eigenvalue weighted by molar-refractivity contribution is 0.0698. The number of halogens is 1. The number of aromatic nitrogens is 1. The van der Waals surface area contributed by atoms with Gasteiger partial charge in [0.05, 0.1) is 5.69 Å². The molecule has 0 atom stereocenters. The Morgan fingerprint density at radius 1 is 1.35 bits per heavy atom. The van der Waals surface area contributed by atoms with Gasteiger partial charge in [0, 0.05) is 17.2 Å². The van der Waals surface area contributed by atoms with Gasteiger partial charge in [-0.25, -0.2) is 9.78 Å². The van der Waals surface area contributed by atoms with E-state index in [2.05, 4.69) is 4.98 Å². The summed E-state index contributed by atoms with van der Waals surface area (Å²) < 4.78 is 5.49. The smallest absolute Gasteiger partial charge is 0.340 e. The summed E-state index contributed by atoms with van der Waals surface area (Å²) in [7, 11) is 0. The van der Waals surface area contributed by atoms with E-state index in [4.69, 9.17) is 21.8 Å². The van der Waals surface area contributed by atoms with Crippen molar-refractivity contribution in [3.63, 3.8) is 0 Å². The molecule has 0 aromatic heterocycles. The second kappa shape index (κ2) is 4.21. The van der Waals surface area contributed by atoms with Gasteiger partial charge in [0.25, 0.3) is 0 Å². The van der Waals surface area contributed by atoms with E-state index < -0.39 is 11.4 Å². The van der Waals surface area contributed by atoms with E-state index in [0.29, 0.717) is 16.1 Å². The van der Waals surface area contributed by atoms with Gasteiger partial charge in [-0.1, -0.05) is 11.6 Å². The molecule has 0 radical (unpaired) electrons. The fourth-order valence-corrected chi connectivity index (χ4v) is 2.11. The van der Waals surface area contributed by atoms with Crippen LogP contribution in [-0.4, -0.2) is 16.1 Å². The van der Waals surface area contributed by atoms with Gasteiger partial charge in [0.2, 0.25) is 5.43 Å². The Morgan fingerprint density at radius 2 is 2.10 bits per heavy atom. The second-order valence-electron chi connectivity index (χ2n) is 4.14. The number of nitrogen functional groups attached to an aromatic ring is 1. The minimum absolute atomic E-state index is 0.0319. The minimum atomic E-state index is -1.33. The molecule has 1 aliphatic carbocycles. The Bertz CT molecular complexity index is 888. The first kappa shape index (κ1) is 12.4. The fourth-order valence-electron chi connectivity index (χ4n) is 1.95. The summed E-state index contributed by atoms with van der Waals surface area (Å²) >= 11 is 5.84. The Labute approximate surface area is 116 Å². The largest absolute Gasteiger partial charge is 0.478 e. The number of hydrogen-bond donors (Lipinski definition) is 2. The van der Waals surface area contributed by atoms with Gasteiger partial charge in [0.1, 0.15) is 16.8 Å². The van der Waals surface area contributed by atoms with Crippen molar-refractivity contribution in [2.24, 2.45) is 0 Å². The van der Waals surface area contributed by atoms with Crippen molar-refractivity contribution in [3.05, 3.63) is 45.1 Å². The molecule has 0 spiro atoms. The first-order chi connectivity index (χ1) is 9.47. The van der Waals surface area contributed by atoms with Crippen LogP contribution in [0, 0.1) is 0 Å². The monoisotopic (exact) mass is 290 g/mol. The summed E-state index contributed by atoms with van der Waals surface area (Å²) in [5, 5.41) is 9.63. The summed E-state index contributed by atoms with van der Waals surface area (Å²) in [6, 6.07) is 5.84. The summed E-state index contributed by atoms with van der Waals surface area (Å²) in [5.41, 5.74) is 4.99. The zero-order chi connectivity index (χ0) is 14.4. The fraction of sp³-hybridized carbons (Fsp3) is 0. The second-order valence-corrected chi connectivity index (χ2v) is 4.58. The van der Waals surface area contributed by atoms with Crippen molar-refractivity contribution in [2.45, 2.75) is 0 Å². The SMILES string of the molecule is Nc1c(C(=O)O)c2nc3ccc(Cl)cc3oc-2cc1=O. The van der Waals surface area contributed by atoms with Crippen LogP contribution in [-0.2, 0) is 0 Å². The molecule has 3 N–H and O–H groups in total. The predicted octanol–water partition coefficient (Wildman–Crippen LogP) is 2.23. The zero-order valence-electron chi connectivity index (χ0n) is 9.88. The molecular weight excluding hydrogens is 284 g/mol. The number of nitrogens with two attached hydrogens (primary N) is 1. The molecule has 0 unspecified atom stereocenters. The number of anilines is 1. The van der Waals surface area contributed by atoms with E-state index in [1.54, 1.807) is 12.1 Å². The van der Waals surface area contributed by atoms with Gasteiger partial charge in [0.15, 0.2) is 11.3 Å². The van der Waals surface area contributed by atoms with Gasteiger partial charge < -0.3 is 15.3 Å². The lowest BCUT2D eigenvalue weighted by Crippen LogP contribution is -2.17. The number of carbonyl (C=O) groups is 1. The molecule has 0 saturated carbocycles. The van der Waals surface area contributed by atoms with E-state index >= 15 is 0 Å². The van der Waals surface area contributed by atoms with E-state index in [0.717, 1.165) is 6.07 Å². The highest BCUT2D eigenvalue weighted by Gasteiger charge is 2.23. The maximum absolute atomic E-state index is 11.7. The van der Waals surface area contributed by atoms with Crippen LogP contribution >= 0.6 is 11.6 Å². The van der Waals surface area contributed by atoms with Crippen molar-refractivity contribution in [1.29, 1.82) is 0 Å². The topological polar surface area (TPSA) is 106 Å². The lowest BCUT2D eigenvalue weighted by atomic mass is 10.1. The molecule has 0 bridgehead atoms. The van der Waals surface area contributed by atoms with E-state index in [9.17, 15) is 14.7 Å². The third-order valence-electron chi connectivity index (χ3n) is 2.86. The van der Waals surface area contributed by atoms with Crippen LogP contribution in [0.25, 0.3) is 22.6 Å². The lowest BCUT2D eigenvalue weighted by Gasteiger charge is -2.10. The maximum atomic E-state index is 11.7. The number of nitrogens with zero attached hydrogens (tertiary/aromatic N) is 1. The summed E-state index contributed by atoms with van der Waals surface area (Å²) in [6.07, 6.45) is 0. The van der Waals surface area contributed by atoms with Crippen LogP contribution in [0.4, 0.5) is 5.69 Å². The van der Waals surface area contributed by atoms with Crippen LogP contribution in [0.5, 0.6) is 0 Å². The minimum Gasteiger partial charge on any atom is -0.478 e. The average molecular weight is 291 g/mol. The number of aromatic carboxylic acids is 1. The molecule has 1 aromatic carbocycles. The molecule has 0 saturated heterocycles. The zero-order valence-corrected chi connectivity index (χ0v) is 10.6. The quantitative estimate of drug-likeness (QED) is 0.526. The molecule has 1 heterocycles. The predicted molar refractivity (Wildman–Crippen MR) is 73.3 cm³/mol. The van der Waals surface area contributed by atoms with Gasteiger partial charge in [-0.3, -0.25) is 4.79 Å². The summed E-state index contributed by atoms with van der Waals surface area (Å²) in [5.74, 6) is -1.28. The molecule has 2 aliphatic rings. The highest BCUT2D eigenvalue weighted by atomic mass is 35.5. The Kier molecular flexibility index (Phi) is 2.62. The van der Waals surface area contributed by atoms with Crippen molar-refractivity contribution in [2.75, 3.05) is 5.73 Å². The molecule has 0 fully saturated rings. The van der Waals surface area contributed by atoms with Crippen LogP contribution in [0.3, 0.4) is 0 Å². The van der Waals surface area contributed by atoms with Crippen molar-refractivity contribution < 1.29 is 14.3 Å². The number of rotatable bonds is 1.